The largest absolute Gasteiger partial charge is 0.368 e. The van der Waals surface area contributed by atoms with Crippen LogP contribution < -0.4 is 16.3 Å². The van der Waals surface area contributed by atoms with Crippen molar-refractivity contribution in [2.75, 3.05) is 23.7 Å². The molecule has 126 valence electrons. The molecule has 0 aromatic carbocycles. The number of nitrogen functional groups attached to an aromatic ring is 1. The number of hydrogen-bond acceptors (Lipinski definition) is 7. The summed E-state index contributed by atoms with van der Waals surface area (Å²) >= 11 is 0. The molecule has 0 amide bonds. The number of piperidine rings is 1. The molecule has 4 heterocycles. The molecule has 4 rings (SSSR count). The summed E-state index contributed by atoms with van der Waals surface area (Å²) in [5, 5.41) is 14.5. The van der Waals surface area contributed by atoms with E-state index in [9.17, 15) is 4.79 Å². The Hall–Kier alpha value is -2.91. The second-order valence-electron chi connectivity index (χ2n) is 5.93. The van der Waals surface area contributed by atoms with Gasteiger partial charge in [0.05, 0.1) is 11.6 Å². The van der Waals surface area contributed by atoms with E-state index >= 15 is 0 Å². The maximum absolute atomic E-state index is 11.7. The van der Waals surface area contributed by atoms with Crippen molar-refractivity contribution in [3.8, 4) is 0 Å². The fourth-order valence-corrected chi connectivity index (χ4v) is 3.37. The van der Waals surface area contributed by atoms with Crippen LogP contribution in [0.4, 0.5) is 11.8 Å². The molecule has 0 spiro atoms. The van der Waals surface area contributed by atoms with Crippen LogP contribution in [0.3, 0.4) is 0 Å². The zero-order chi connectivity index (χ0) is 16.7. The Morgan fingerprint density at radius 2 is 2.08 bits per heavy atom. The third-order valence-corrected chi connectivity index (χ3v) is 4.57. The number of hydrogen-bond donors (Lipinski definition) is 3. The lowest BCUT2D eigenvalue weighted by molar-refractivity contribution is 0.464. The van der Waals surface area contributed by atoms with Crippen LogP contribution in [0.1, 0.15) is 31.5 Å². The monoisotopic (exact) mass is 329 g/mol. The molecular formula is C14H19N9O. The maximum atomic E-state index is 11.7. The molecule has 0 radical (unpaired) electrons. The molecule has 1 aliphatic rings. The number of nitrogens with two attached hydrogens (primary N) is 1. The van der Waals surface area contributed by atoms with E-state index in [1.54, 1.807) is 10.8 Å². The van der Waals surface area contributed by atoms with Crippen molar-refractivity contribution < 1.29 is 0 Å². The lowest BCUT2D eigenvalue weighted by atomic mass is 9.95. The zero-order valence-electron chi connectivity index (χ0n) is 13.4. The van der Waals surface area contributed by atoms with Crippen molar-refractivity contribution >= 4 is 22.8 Å². The molecule has 3 aromatic heterocycles. The van der Waals surface area contributed by atoms with Gasteiger partial charge in [-0.2, -0.15) is 20.2 Å². The lowest BCUT2D eigenvalue weighted by Gasteiger charge is -2.32. The van der Waals surface area contributed by atoms with E-state index < -0.39 is 0 Å². The molecule has 24 heavy (non-hydrogen) atoms. The zero-order valence-corrected chi connectivity index (χ0v) is 13.4. The quantitative estimate of drug-likeness (QED) is 0.625. The highest BCUT2D eigenvalue weighted by Gasteiger charge is 2.27. The number of fused-ring (bicyclic) bond motifs is 1. The highest BCUT2D eigenvalue weighted by atomic mass is 16.1. The lowest BCUT2D eigenvalue weighted by Crippen LogP contribution is -2.35. The van der Waals surface area contributed by atoms with Gasteiger partial charge in [-0.1, -0.05) is 0 Å². The van der Waals surface area contributed by atoms with Crippen molar-refractivity contribution in [3.63, 3.8) is 0 Å². The van der Waals surface area contributed by atoms with E-state index in [4.69, 9.17) is 5.73 Å². The summed E-state index contributed by atoms with van der Waals surface area (Å²) in [6.45, 7) is 4.20. The summed E-state index contributed by atoms with van der Waals surface area (Å²) in [7, 11) is 0. The van der Waals surface area contributed by atoms with Crippen LogP contribution in [0, 0.1) is 0 Å². The number of H-pyrrole nitrogens is 2. The van der Waals surface area contributed by atoms with Crippen molar-refractivity contribution in [1.29, 1.82) is 0 Å². The first-order valence-electron chi connectivity index (χ1n) is 8.04. The molecule has 3 aromatic rings. The summed E-state index contributed by atoms with van der Waals surface area (Å²) in [5.74, 6) is 2.15. The topological polar surface area (TPSA) is 134 Å². The Labute approximate surface area is 137 Å². The minimum absolute atomic E-state index is 0.140. The maximum Gasteiger partial charge on any atom is 0.343 e. The van der Waals surface area contributed by atoms with Gasteiger partial charge in [0, 0.05) is 25.6 Å². The average Bonchev–Trinajstić information content (AvgIpc) is 3.20. The second-order valence-corrected chi connectivity index (χ2v) is 5.93. The Kier molecular flexibility index (Phi) is 3.44. The number of anilines is 2. The highest BCUT2D eigenvalue weighted by molar-refractivity contribution is 5.87. The summed E-state index contributed by atoms with van der Waals surface area (Å²) < 4.78 is 1.71. The van der Waals surface area contributed by atoms with E-state index in [1.807, 2.05) is 6.92 Å². The summed E-state index contributed by atoms with van der Waals surface area (Å²) in [5.41, 5.74) is 6.31. The average molecular weight is 329 g/mol. The minimum atomic E-state index is -0.140. The van der Waals surface area contributed by atoms with Crippen LogP contribution in [0.2, 0.25) is 0 Å². The fourth-order valence-electron chi connectivity index (χ4n) is 3.37. The molecule has 10 heteroatoms. The predicted octanol–water partition coefficient (Wildman–Crippen LogP) is 0.224. The molecular weight excluding hydrogens is 310 g/mol. The molecule has 0 aliphatic carbocycles. The third kappa shape index (κ3) is 2.30. The first kappa shape index (κ1) is 14.7. The number of aromatic amines is 2. The number of nitrogens with zero attached hydrogens (tertiary/aromatic N) is 6. The van der Waals surface area contributed by atoms with Crippen molar-refractivity contribution in [3.05, 3.63) is 22.5 Å². The normalized spacial score (nSPS) is 16.1. The van der Waals surface area contributed by atoms with Gasteiger partial charge in [-0.25, -0.2) is 9.89 Å². The smallest absolute Gasteiger partial charge is 0.343 e. The van der Waals surface area contributed by atoms with E-state index in [0.29, 0.717) is 12.2 Å². The van der Waals surface area contributed by atoms with E-state index in [-0.39, 0.29) is 17.6 Å². The Morgan fingerprint density at radius 1 is 1.29 bits per heavy atom. The van der Waals surface area contributed by atoms with Gasteiger partial charge in [0.25, 0.3) is 0 Å². The van der Waals surface area contributed by atoms with Gasteiger partial charge in [0.1, 0.15) is 11.6 Å². The predicted molar refractivity (Wildman–Crippen MR) is 88.8 cm³/mol. The number of aromatic nitrogens is 7. The van der Waals surface area contributed by atoms with Gasteiger partial charge in [0.2, 0.25) is 5.95 Å². The highest BCUT2D eigenvalue weighted by Crippen LogP contribution is 2.31. The van der Waals surface area contributed by atoms with Crippen LogP contribution in [0.5, 0.6) is 0 Å². The molecule has 0 atom stereocenters. The molecule has 4 N–H and O–H groups in total. The SMILES string of the molecule is CCn1c(C2CCN(c3nc(N)nc4[nH]ncc34)CC2)n[nH]c1=O. The van der Waals surface area contributed by atoms with Crippen LogP contribution >= 0.6 is 0 Å². The molecule has 1 fully saturated rings. The molecule has 10 nitrogen and oxygen atoms in total. The summed E-state index contributed by atoms with van der Waals surface area (Å²) in [6, 6.07) is 0. The van der Waals surface area contributed by atoms with E-state index in [2.05, 4.69) is 35.3 Å². The van der Waals surface area contributed by atoms with E-state index in [0.717, 1.165) is 43.0 Å². The van der Waals surface area contributed by atoms with Crippen molar-refractivity contribution in [2.45, 2.75) is 32.2 Å². The van der Waals surface area contributed by atoms with Gasteiger partial charge >= 0.3 is 5.69 Å². The second kappa shape index (κ2) is 5.62. The first-order chi connectivity index (χ1) is 11.7. The van der Waals surface area contributed by atoms with E-state index in [1.165, 1.54) is 0 Å². The minimum Gasteiger partial charge on any atom is -0.368 e. The van der Waals surface area contributed by atoms with Crippen molar-refractivity contribution in [2.24, 2.45) is 0 Å². The van der Waals surface area contributed by atoms with Gasteiger partial charge in [-0.15, -0.1) is 0 Å². The van der Waals surface area contributed by atoms with Crippen LogP contribution in [-0.2, 0) is 6.54 Å². The molecule has 0 unspecified atom stereocenters. The van der Waals surface area contributed by atoms with Crippen LogP contribution in [-0.4, -0.2) is 48.0 Å². The third-order valence-electron chi connectivity index (χ3n) is 4.57. The standard InChI is InChI=1S/C14H19N9O/c1-2-23-11(20-21-14(23)24)8-3-5-22(6-4-8)12-9-7-16-19-10(9)17-13(15)18-12/h7-8H,2-6H2,1H3,(H,21,24)(H3,15,16,17,18,19). The van der Waals surface area contributed by atoms with Crippen molar-refractivity contribution in [1.82, 2.24) is 34.9 Å². The fraction of sp³-hybridized carbons (Fsp3) is 0.500. The summed E-state index contributed by atoms with van der Waals surface area (Å²) in [6.07, 6.45) is 3.51. The van der Waals surface area contributed by atoms with Gasteiger partial charge in [0.15, 0.2) is 5.65 Å². The Bertz CT molecular complexity index is 916. The molecule has 0 saturated carbocycles. The van der Waals surface area contributed by atoms with Crippen LogP contribution in [0.15, 0.2) is 11.0 Å². The summed E-state index contributed by atoms with van der Waals surface area (Å²) in [4.78, 5) is 22.5. The first-order valence-corrected chi connectivity index (χ1v) is 8.04. The van der Waals surface area contributed by atoms with Gasteiger partial charge in [-0.05, 0) is 19.8 Å². The van der Waals surface area contributed by atoms with Gasteiger partial charge in [-0.3, -0.25) is 9.67 Å². The van der Waals surface area contributed by atoms with Gasteiger partial charge < -0.3 is 10.6 Å². The Balaban J connectivity index is 1.57. The number of nitrogens with one attached hydrogen (secondary N) is 2. The Morgan fingerprint density at radius 3 is 2.83 bits per heavy atom. The molecule has 1 aliphatic heterocycles. The molecule has 0 bridgehead atoms. The molecule has 1 saturated heterocycles. The van der Waals surface area contributed by atoms with Crippen LogP contribution in [0.25, 0.3) is 11.0 Å². The number of rotatable bonds is 3.